The summed E-state index contributed by atoms with van der Waals surface area (Å²) in [6, 6.07) is 6.90. The fraction of sp³-hybridized carbons (Fsp3) is 0.400. The lowest BCUT2D eigenvalue weighted by molar-refractivity contribution is -0.198. The van der Waals surface area contributed by atoms with Crippen LogP contribution in [0.5, 0.6) is 11.5 Å². The standard InChI is InChI=1S/C20H21F3N2O4/c1-11(2)8-12(25-19(26)27)10-28-13-5-6-14-16(9-13)29-18(20(21,22)23)15-4-3-7-24-17(14)15/h3-7,9,11-12,18,25H,8,10H2,1-2H3,(H,26,27)/t12-,18?/m0/s1. The van der Waals surface area contributed by atoms with Gasteiger partial charge in [0.2, 0.25) is 6.10 Å². The molecular weight excluding hydrogens is 389 g/mol. The van der Waals surface area contributed by atoms with E-state index < -0.39 is 24.4 Å². The van der Waals surface area contributed by atoms with Crippen LogP contribution in [0.4, 0.5) is 18.0 Å². The molecule has 0 saturated heterocycles. The molecule has 1 amide bonds. The molecule has 1 unspecified atom stereocenters. The molecule has 0 radical (unpaired) electrons. The van der Waals surface area contributed by atoms with Gasteiger partial charge in [0.25, 0.3) is 0 Å². The Morgan fingerprint density at radius 2 is 2.10 bits per heavy atom. The lowest BCUT2D eigenvalue weighted by Crippen LogP contribution is -2.39. The number of aromatic nitrogens is 1. The summed E-state index contributed by atoms with van der Waals surface area (Å²) < 4.78 is 51.3. The molecule has 1 aromatic carbocycles. The quantitative estimate of drug-likeness (QED) is 0.715. The topological polar surface area (TPSA) is 80.7 Å². The van der Waals surface area contributed by atoms with E-state index in [2.05, 4.69) is 10.3 Å². The first-order valence-electron chi connectivity index (χ1n) is 9.10. The van der Waals surface area contributed by atoms with Crippen LogP contribution in [-0.4, -0.2) is 35.0 Å². The van der Waals surface area contributed by atoms with Gasteiger partial charge in [0, 0.05) is 23.4 Å². The van der Waals surface area contributed by atoms with E-state index in [4.69, 9.17) is 14.6 Å². The van der Waals surface area contributed by atoms with E-state index in [0.29, 0.717) is 12.0 Å². The fourth-order valence-corrected chi connectivity index (χ4v) is 3.28. The predicted molar refractivity (Wildman–Crippen MR) is 99.0 cm³/mol. The largest absolute Gasteiger partial charge is 0.491 e. The molecule has 9 heteroatoms. The van der Waals surface area contributed by atoms with Gasteiger partial charge in [-0.25, -0.2) is 4.79 Å². The Labute approximate surface area is 165 Å². The first-order chi connectivity index (χ1) is 13.6. The second kappa shape index (κ2) is 8.18. The highest BCUT2D eigenvalue weighted by molar-refractivity contribution is 5.73. The van der Waals surface area contributed by atoms with E-state index in [9.17, 15) is 18.0 Å². The van der Waals surface area contributed by atoms with Crippen LogP contribution in [-0.2, 0) is 0 Å². The number of nitrogens with zero attached hydrogens (tertiary/aromatic N) is 1. The first kappa shape index (κ1) is 20.8. The number of halogens is 3. The maximum absolute atomic E-state index is 13.5. The Morgan fingerprint density at radius 3 is 2.76 bits per heavy atom. The number of pyridine rings is 1. The van der Waals surface area contributed by atoms with Crippen molar-refractivity contribution in [2.24, 2.45) is 5.92 Å². The van der Waals surface area contributed by atoms with Crippen LogP contribution in [0.15, 0.2) is 36.5 Å². The summed E-state index contributed by atoms with van der Waals surface area (Å²) in [5, 5.41) is 11.3. The number of carbonyl (C=O) groups is 1. The number of hydrogen-bond acceptors (Lipinski definition) is 4. The Kier molecular flexibility index (Phi) is 5.86. The molecule has 156 valence electrons. The summed E-state index contributed by atoms with van der Waals surface area (Å²) in [5.41, 5.74) is 0.618. The summed E-state index contributed by atoms with van der Waals surface area (Å²) in [5.74, 6) is 0.532. The van der Waals surface area contributed by atoms with E-state index in [1.807, 2.05) is 13.8 Å². The van der Waals surface area contributed by atoms with Crippen molar-refractivity contribution in [3.8, 4) is 22.8 Å². The van der Waals surface area contributed by atoms with Crippen molar-refractivity contribution in [1.82, 2.24) is 10.3 Å². The average Bonchev–Trinajstić information content (AvgIpc) is 2.63. The maximum atomic E-state index is 13.5. The van der Waals surface area contributed by atoms with Crippen LogP contribution in [0.1, 0.15) is 31.9 Å². The molecule has 0 bridgehead atoms. The Hall–Kier alpha value is -2.97. The van der Waals surface area contributed by atoms with Gasteiger partial charge in [-0.3, -0.25) is 4.98 Å². The number of hydrogen-bond donors (Lipinski definition) is 2. The third kappa shape index (κ3) is 4.90. The lowest BCUT2D eigenvalue weighted by atomic mass is 9.97. The number of amides is 1. The predicted octanol–water partition coefficient (Wildman–Crippen LogP) is 4.81. The van der Waals surface area contributed by atoms with Gasteiger partial charge in [-0.2, -0.15) is 13.2 Å². The van der Waals surface area contributed by atoms with Gasteiger partial charge in [-0.05, 0) is 30.5 Å². The number of benzene rings is 1. The van der Waals surface area contributed by atoms with Crippen molar-refractivity contribution < 1.29 is 32.5 Å². The number of nitrogens with one attached hydrogen (secondary N) is 1. The Balaban J connectivity index is 1.83. The van der Waals surface area contributed by atoms with Crippen LogP contribution in [0.3, 0.4) is 0 Å². The maximum Gasteiger partial charge on any atom is 0.429 e. The SMILES string of the molecule is CC(C)C[C@@H](COc1ccc2c(c1)OC(C(F)(F)F)c1cccnc1-2)NC(=O)O. The molecular formula is C20H21F3N2O4. The van der Waals surface area contributed by atoms with E-state index >= 15 is 0 Å². The molecule has 2 N–H and O–H groups in total. The van der Waals surface area contributed by atoms with Crippen molar-refractivity contribution in [3.63, 3.8) is 0 Å². The highest BCUT2D eigenvalue weighted by Crippen LogP contribution is 2.48. The molecule has 6 nitrogen and oxygen atoms in total. The minimum Gasteiger partial charge on any atom is -0.491 e. The van der Waals surface area contributed by atoms with Gasteiger partial charge >= 0.3 is 12.3 Å². The third-order valence-corrected chi connectivity index (χ3v) is 4.41. The van der Waals surface area contributed by atoms with Crippen LogP contribution >= 0.6 is 0 Å². The number of ether oxygens (including phenoxy) is 2. The van der Waals surface area contributed by atoms with E-state index in [1.165, 1.54) is 24.4 Å². The molecule has 0 aliphatic carbocycles. The van der Waals surface area contributed by atoms with Gasteiger partial charge in [-0.1, -0.05) is 19.9 Å². The normalized spacial score (nSPS) is 16.4. The molecule has 29 heavy (non-hydrogen) atoms. The van der Waals surface area contributed by atoms with Crippen molar-refractivity contribution in [2.75, 3.05) is 6.61 Å². The molecule has 0 spiro atoms. The zero-order valence-electron chi connectivity index (χ0n) is 15.9. The van der Waals surface area contributed by atoms with E-state index in [0.717, 1.165) is 0 Å². The van der Waals surface area contributed by atoms with Crippen LogP contribution in [0, 0.1) is 5.92 Å². The van der Waals surface area contributed by atoms with E-state index in [1.54, 1.807) is 12.1 Å². The van der Waals surface area contributed by atoms with Crippen molar-refractivity contribution >= 4 is 6.09 Å². The number of fused-ring (bicyclic) bond motifs is 3. The highest BCUT2D eigenvalue weighted by Gasteiger charge is 2.47. The summed E-state index contributed by atoms with van der Waals surface area (Å²) >= 11 is 0. The zero-order chi connectivity index (χ0) is 21.2. The molecule has 1 aromatic heterocycles. The number of carboxylic acid groups (broad SMARTS) is 1. The molecule has 2 heterocycles. The molecule has 1 aliphatic heterocycles. The smallest absolute Gasteiger partial charge is 0.429 e. The molecule has 2 aromatic rings. The van der Waals surface area contributed by atoms with Gasteiger partial charge < -0.3 is 19.9 Å². The van der Waals surface area contributed by atoms with Gasteiger partial charge in [0.05, 0.1) is 11.7 Å². The second-order valence-electron chi connectivity index (χ2n) is 7.23. The molecule has 3 rings (SSSR count). The minimum atomic E-state index is -4.60. The molecule has 2 atom stereocenters. The van der Waals surface area contributed by atoms with Crippen LogP contribution in [0.25, 0.3) is 11.3 Å². The van der Waals surface area contributed by atoms with Gasteiger partial charge in [-0.15, -0.1) is 0 Å². The fourth-order valence-electron chi connectivity index (χ4n) is 3.28. The summed E-state index contributed by atoms with van der Waals surface area (Å²) in [6.07, 6.45) is -5.89. The average molecular weight is 410 g/mol. The molecule has 0 saturated carbocycles. The van der Waals surface area contributed by atoms with Crippen LogP contribution in [0.2, 0.25) is 0 Å². The summed E-state index contributed by atoms with van der Waals surface area (Å²) in [4.78, 5) is 15.0. The van der Waals surface area contributed by atoms with Gasteiger partial charge in [0.1, 0.15) is 18.1 Å². The van der Waals surface area contributed by atoms with Gasteiger partial charge in [0.15, 0.2) is 0 Å². The van der Waals surface area contributed by atoms with Crippen molar-refractivity contribution in [2.45, 2.75) is 38.6 Å². The van der Waals surface area contributed by atoms with Crippen LogP contribution < -0.4 is 14.8 Å². The summed E-state index contributed by atoms with van der Waals surface area (Å²) in [6.45, 7) is 3.94. The third-order valence-electron chi connectivity index (χ3n) is 4.41. The zero-order valence-corrected chi connectivity index (χ0v) is 15.9. The second-order valence-corrected chi connectivity index (χ2v) is 7.23. The number of rotatable bonds is 6. The number of alkyl halides is 3. The van der Waals surface area contributed by atoms with Crippen molar-refractivity contribution in [1.29, 1.82) is 0 Å². The highest BCUT2D eigenvalue weighted by atomic mass is 19.4. The summed E-state index contributed by atoms with van der Waals surface area (Å²) in [7, 11) is 0. The monoisotopic (exact) mass is 410 g/mol. The Bertz CT molecular complexity index is 886. The lowest BCUT2D eigenvalue weighted by Gasteiger charge is -2.29. The molecule has 0 fully saturated rings. The minimum absolute atomic E-state index is 0.0163. The van der Waals surface area contributed by atoms with Crippen molar-refractivity contribution in [3.05, 3.63) is 42.1 Å². The Morgan fingerprint density at radius 1 is 1.34 bits per heavy atom. The van der Waals surface area contributed by atoms with E-state index in [-0.39, 0.29) is 35.3 Å². The first-order valence-corrected chi connectivity index (χ1v) is 9.10. The molecule has 1 aliphatic rings.